The van der Waals surface area contributed by atoms with Crippen LogP contribution in [0.15, 0.2) is 4.99 Å². The summed E-state index contributed by atoms with van der Waals surface area (Å²) in [4.78, 5) is 6.70. The van der Waals surface area contributed by atoms with Gasteiger partial charge in [0.1, 0.15) is 6.23 Å². The Hall–Kier alpha value is -0.220. The zero-order chi connectivity index (χ0) is 9.84. The molecule has 3 nitrogen and oxygen atoms in total. The first-order chi connectivity index (χ1) is 6.19. The topological polar surface area (TPSA) is 24.8 Å². The van der Waals surface area contributed by atoms with Crippen molar-refractivity contribution in [2.24, 2.45) is 4.99 Å². The second kappa shape index (κ2) is 4.86. The van der Waals surface area contributed by atoms with E-state index >= 15 is 0 Å². The highest BCUT2D eigenvalue weighted by Crippen LogP contribution is 2.21. The van der Waals surface area contributed by atoms with Crippen LogP contribution >= 0.6 is 11.8 Å². The molecule has 0 saturated heterocycles. The quantitative estimate of drug-likeness (QED) is 0.682. The molecule has 4 heteroatoms. The van der Waals surface area contributed by atoms with E-state index in [1.807, 2.05) is 7.05 Å². The van der Waals surface area contributed by atoms with Gasteiger partial charge in [0.2, 0.25) is 0 Å². The van der Waals surface area contributed by atoms with Gasteiger partial charge in [-0.2, -0.15) is 0 Å². The summed E-state index contributed by atoms with van der Waals surface area (Å²) in [5.41, 5.74) is 0. The molecule has 0 aliphatic carbocycles. The van der Waals surface area contributed by atoms with Crippen molar-refractivity contribution in [1.82, 2.24) is 4.90 Å². The lowest BCUT2D eigenvalue weighted by Crippen LogP contribution is -2.42. The van der Waals surface area contributed by atoms with Crippen molar-refractivity contribution in [2.75, 3.05) is 19.9 Å². The van der Waals surface area contributed by atoms with E-state index in [-0.39, 0.29) is 6.23 Å². The summed E-state index contributed by atoms with van der Waals surface area (Å²) in [6.07, 6.45) is 1.18. The molecular weight excluding hydrogens is 184 g/mol. The molecule has 1 aliphatic heterocycles. The van der Waals surface area contributed by atoms with Crippen LogP contribution in [0, 0.1) is 0 Å². The van der Waals surface area contributed by atoms with E-state index < -0.39 is 0 Å². The van der Waals surface area contributed by atoms with Gasteiger partial charge in [-0.25, -0.2) is 0 Å². The minimum Gasteiger partial charge on any atom is -0.361 e. The summed E-state index contributed by atoms with van der Waals surface area (Å²) < 4.78 is 5.38. The smallest absolute Gasteiger partial charge is 0.161 e. The Morgan fingerprint density at radius 1 is 1.69 bits per heavy atom. The van der Waals surface area contributed by atoms with Crippen LogP contribution in [-0.2, 0) is 4.74 Å². The van der Waals surface area contributed by atoms with Gasteiger partial charge in [0.25, 0.3) is 0 Å². The highest BCUT2D eigenvalue weighted by atomic mass is 32.2. The van der Waals surface area contributed by atoms with Crippen molar-refractivity contribution in [3.8, 4) is 0 Å². The van der Waals surface area contributed by atoms with Crippen LogP contribution in [0.4, 0.5) is 0 Å². The molecule has 0 aromatic rings. The largest absolute Gasteiger partial charge is 0.361 e. The average molecular weight is 202 g/mol. The van der Waals surface area contributed by atoms with E-state index in [0.29, 0.717) is 6.04 Å². The van der Waals surface area contributed by atoms with Crippen molar-refractivity contribution in [1.29, 1.82) is 0 Å². The van der Waals surface area contributed by atoms with Crippen LogP contribution < -0.4 is 0 Å². The molecule has 0 aromatic heterocycles. The lowest BCUT2D eigenvalue weighted by molar-refractivity contribution is 0.00525. The summed E-state index contributed by atoms with van der Waals surface area (Å²) in [7, 11) is 3.80. The fraction of sp³-hybridized carbons (Fsp3) is 0.889. The normalized spacial score (nSPS) is 28.9. The minimum atomic E-state index is 0.196. The van der Waals surface area contributed by atoms with Gasteiger partial charge in [0.05, 0.1) is 6.04 Å². The summed E-state index contributed by atoms with van der Waals surface area (Å²) in [6.45, 7) is 4.28. The molecule has 0 saturated carbocycles. The molecule has 2 atom stereocenters. The van der Waals surface area contributed by atoms with Crippen molar-refractivity contribution < 1.29 is 4.74 Å². The van der Waals surface area contributed by atoms with Crippen molar-refractivity contribution in [3.63, 3.8) is 0 Å². The number of nitrogens with zero attached hydrogens (tertiary/aromatic N) is 2. The molecule has 0 N–H and O–H groups in total. The Morgan fingerprint density at radius 3 is 2.92 bits per heavy atom. The number of thioether (sulfide) groups is 1. The second-order valence-corrected chi connectivity index (χ2v) is 4.46. The Balaban J connectivity index is 2.68. The molecule has 76 valence electrons. The zero-order valence-electron chi connectivity index (χ0n) is 8.78. The first-order valence-electron chi connectivity index (χ1n) is 4.65. The summed E-state index contributed by atoms with van der Waals surface area (Å²) in [6, 6.07) is 0.384. The number of aliphatic imine (C=N–C) groups is 1. The molecule has 13 heavy (non-hydrogen) atoms. The fourth-order valence-electron chi connectivity index (χ4n) is 1.43. The Morgan fingerprint density at radius 2 is 2.38 bits per heavy atom. The van der Waals surface area contributed by atoms with Gasteiger partial charge >= 0.3 is 0 Å². The predicted octanol–water partition coefficient (Wildman–Crippen LogP) is 1.79. The van der Waals surface area contributed by atoms with E-state index in [9.17, 15) is 0 Å². The fourth-order valence-corrected chi connectivity index (χ4v) is 2.26. The summed E-state index contributed by atoms with van der Waals surface area (Å²) >= 11 is 1.78. The first-order valence-corrected chi connectivity index (χ1v) is 5.63. The zero-order valence-corrected chi connectivity index (χ0v) is 9.60. The van der Waals surface area contributed by atoms with E-state index in [4.69, 9.17) is 4.74 Å². The number of rotatable bonds is 2. The number of hydrogen-bond donors (Lipinski definition) is 0. The highest BCUT2D eigenvalue weighted by Gasteiger charge is 2.25. The Kier molecular flexibility index (Phi) is 4.06. The van der Waals surface area contributed by atoms with E-state index in [1.54, 1.807) is 18.9 Å². The number of methoxy groups -OCH3 is 1. The molecule has 0 radical (unpaired) electrons. The maximum Gasteiger partial charge on any atom is 0.161 e. The van der Waals surface area contributed by atoms with Gasteiger partial charge in [0, 0.05) is 20.6 Å². The third-order valence-electron chi connectivity index (χ3n) is 2.15. The van der Waals surface area contributed by atoms with Gasteiger partial charge in [0.15, 0.2) is 5.17 Å². The second-order valence-electron chi connectivity index (χ2n) is 3.23. The number of ether oxygens (including phenoxy) is 1. The predicted molar refractivity (Wildman–Crippen MR) is 58.2 cm³/mol. The van der Waals surface area contributed by atoms with Crippen LogP contribution in [0.1, 0.15) is 20.3 Å². The lowest BCUT2D eigenvalue weighted by atomic mass is 10.2. The molecule has 0 fully saturated rings. The maximum atomic E-state index is 5.38. The molecule has 0 amide bonds. The number of hydrogen-bond acceptors (Lipinski definition) is 4. The molecule has 0 spiro atoms. The SMILES string of the molecule is CCSC1=N[C@H](C)C[C@H](OC)N1C. The monoisotopic (exact) mass is 202 g/mol. The van der Waals surface area contributed by atoms with E-state index in [2.05, 4.69) is 23.7 Å². The third kappa shape index (κ3) is 2.61. The minimum absolute atomic E-state index is 0.196. The highest BCUT2D eigenvalue weighted by molar-refractivity contribution is 8.13. The number of amidine groups is 1. The van der Waals surface area contributed by atoms with Gasteiger partial charge in [-0.3, -0.25) is 4.99 Å². The van der Waals surface area contributed by atoms with Crippen molar-refractivity contribution >= 4 is 16.9 Å². The first kappa shape index (κ1) is 10.9. The molecular formula is C9H18N2OS. The molecule has 1 rings (SSSR count). The van der Waals surface area contributed by atoms with Crippen LogP contribution in [0.3, 0.4) is 0 Å². The van der Waals surface area contributed by atoms with E-state index in [0.717, 1.165) is 17.3 Å². The van der Waals surface area contributed by atoms with Crippen LogP contribution in [0.5, 0.6) is 0 Å². The van der Waals surface area contributed by atoms with Crippen LogP contribution in [0.25, 0.3) is 0 Å². The van der Waals surface area contributed by atoms with Gasteiger partial charge < -0.3 is 9.64 Å². The van der Waals surface area contributed by atoms with Crippen LogP contribution in [-0.4, -0.2) is 42.2 Å². The van der Waals surface area contributed by atoms with Gasteiger partial charge in [-0.1, -0.05) is 18.7 Å². The third-order valence-corrected chi connectivity index (χ3v) is 3.09. The van der Waals surface area contributed by atoms with Crippen LogP contribution in [0.2, 0.25) is 0 Å². The Bertz CT molecular complexity index is 196. The molecule has 0 bridgehead atoms. The average Bonchev–Trinajstić information content (AvgIpc) is 2.11. The van der Waals surface area contributed by atoms with Gasteiger partial charge in [-0.05, 0) is 12.7 Å². The maximum absolute atomic E-state index is 5.38. The lowest BCUT2D eigenvalue weighted by Gasteiger charge is -2.34. The van der Waals surface area contributed by atoms with Crippen molar-refractivity contribution in [2.45, 2.75) is 32.5 Å². The summed E-state index contributed by atoms with van der Waals surface area (Å²) in [5, 5.41) is 1.10. The molecule has 1 heterocycles. The molecule has 1 aliphatic rings. The standard InChI is InChI=1S/C9H18N2OS/c1-5-13-9-10-7(2)6-8(12-4)11(9)3/h7-8H,5-6H2,1-4H3/t7-,8+/m1/s1. The van der Waals surface area contributed by atoms with Gasteiger partial charge in [-0.15, -0.1) is 0 Å². The van der Waals surface area contributed by atoms with E-state index in [1.165, 1.54) is 0 Å². The Labute approximate surface area is 84.5 Å². The molecule has 0 unspecified atom stereocenters. The van der Waals surface area contributed by atoms with Crippen molar-refractivity contribution in [3.05, 3.63) is 0 Å². The summed E-state index contributed by atoms with van der Waals surface area (Å²) in [5.74, 6) is 1.06. The molecule has 0 aromatic carbocycles.